The molecule has 1 aromatic carbocycles. The SMILES string of the molecule is Cl.NCC(F)(F)CNC(=O)Cn1cnc2c(oc3ccccc32)c1=O. The number of aromatic nitrogens is 2. The number of halogens is 3. The number of benzene rings is 1. The number of amides is 1. The van der Waals surface area contributed by atoms with Crippen molar-refractivity contribution in [3.8, 4) is 0 Å². The Morgan fingerprint density at radius 3 is 2.80 bits per heavy atom. The average Bonchev–Trinajstić information content (AvgIpc) is 2.95. The van der Waals surface area contributed by atoms with Crippen molar-refractivity contribution in [3.05, 3.63) is 40.9 Å². The summed E-state index contributed by atoms with van der Waals surface area (Å²) < 4.78 is 32.5. The Kier molecular flexibility index (Phi) is 5.39. The molecule has 10 heteroatoms. The van der Waals surface area contributed by atoms with E-state index in [2.05, 4.69) is 4.98 Å². The molecule has 0 spiro atoms. The first-order valence-corrected chi connectivity index (χ1v) is 7.12. The van der Waals surface area contributed by atoms with Crippen molar-refractivity contribution in [1.82, 2.24) is 14.9 Å². The second-order valence-electron chi connectivity index (χ2n) is 5.29. The number of hydrogen-bond donors (Lipinski definition) is 2. The lowest BCUT2D eigenvalue weighted by atomic mass is 10.2. The number of carbonyl (C=O) groups is 1. The maximum atomic E-state index is 13.0. The van der Waals surface area contributed by atoms with Gasteiger partial charge in [-0.2, -0.15) is 0 Å². The number of hydrogen-bond acceptors (Lipinski definition) is 5. The second-order valence-corrected chi connectivity index (χ2v) is 5.29. The lowest BCUT2D eigenvalue weighted by Gasteiger charge is -2.14. The van der Waals surface area contributed by atoms with Gasteiger partial charge in [-0.25, -0.2) is 13.8 Å². The highest BCUT2D eigenvalue weighted by Gasteiger charge is 2.27. The lowest BCUT2D eigenvalue weighted by Crippen LogP contribution is -2.43. The molecule has 0 bridgehead atoms. The zero-order valence-corrected chi connectivity index (χ0v) is 13.7. The van der Waals surface area contributed by atoms with Crippen molar-refractivity contribution in [3.63, 3.8) is 0 Å². The number of furan rings is 1. The lowest BCUT2D eigenvalue weighted by molar-refractivity contribution is -0.123. The summed E-state index contributed by atoms with van der Waals surface area (Å²) >= 11 is 0. The summed E-state index contributed by atoms with van der Waals surface area (Å²) in [6.07, 6.45) is 1.19. The Bertz CT molecular complexity index is 970. The summed E-state index contributed by atoms with van der Waals surface area (Å²) in [5, 5.41) is 2.72. The summed E-state index contributed by atoms with van der Waals surface area (Å²) in [5.74, 6) is -3.94. The van der Waals surface area contributed by atoms with E-state index in [1.807, 2.05) is 5.32 Å². The van der Waals surface area contributed by atoms with E-state index in [1.165, 1.54) is 6.33 Å². The molecule has 3 aromatic rings. The minimum absolute atomic E-state index is 0. The molecule has 0 radical (unpaired) electrons. The molecule has 3 N–H and O–H groups in total. The molecule has 0 saturated heterocycles. The Morgan fingerprint density at radius 2 is 2.08 bits per heavy atom. The predicted molar refractivity (Wildman–Crippen MR) is 90.0 cm³/mol. The first-order valence-electron chi connectivity index (χ1n) is 7.12. The minimum atomic E-state index is -3.19. The van der Waals surface area contributed by atoms with E-state index in [-0.39, 0.29) is 18.0 Å². The maximum Gasteiger partial charge on any atom is 0.297 e. The maximum absolute atomic E-state index is 13.0. The molecule has 1 amide bonds. The van der Waals surface area contributed by atoms with Crippen molar-refractivity contribution < 1.29 is 18.0 Å². The van der Waals surface area contributed by atoms with Gasteiger partial charge in [0.15, 0.2) is 0 Å². The zero-order chi connectivity index (χ0) is 17.3. The zero-order valence-electron chi connectivity index (χ0n) is 12.9. The third-order valence-electron chi connectivity index (χ3n) is 3.51. The van der Waals surface area contributed by atoms with Crippen LogP contribution >= 0.6 is 12.4 Å². The van der Waals surface area contributed by atoms with Crippen molar-refractivity contribution in [1.29, 1.82) is 0 Å². The van der Waals surface area contributed by atoms with Gasteiger partial charge in [0.2, 0.25) is 11.5 Å². The van der Waals surface area contributed by atoms with E-state index >= 15 is 0 Å². The van der Waals surface area contributed by atoms with Gasteiger partial charge in [0, 0.05) is 5.39 Å². The molecule has 0 unspecified atom stereocenters. The molecule has 0 aliphatic heterocycles. The number of nitrogens with one attached hydrogen (secondary N) is 1. The Labute approximate surface area is 146 Å². The summed E-state index contributed by atoms with van der Waals surface area (Å²) in [6.45, 7) is -2.21. The van der Waals surface area contributed by atoms with E-state index in [1.54, 1.807) is 24.3 Å². The number of fused-ring (bicyclic) bond motifs is 3. The van der Waals surface area contributed by atoms with Crippen molar-refractivity contribution in [2.24, 2.45) is 5.73 Å². The quantitative estimate of drug-likeness (QED) is 0.702. The van der Waals surface area contributed by atoms with Crippen molar-refractivity contribution >= 4 is 40.4 Å². The van der Waals surface area contributed by atoms with Gasteiger partial charge in [-0.1, -0.05) is 12.1 Å². The second kappa shape index (κ2) is 7.16. The van der Waals surface area contributed by atoms with E-state index in [0.717, 1.165) is 4.57 Å². The van der Waals surface area contributed by atoms with E-state index in [0.29, 0.717) is 16.5 Å². The standard InChI is InChI=1S/C15H14F2N4O3.ClH/c16-15(17,6-18)7-19-11(22)5-21-8-20-12-9-3-1-2-4-10(9)24-13(12)14(21)23;/h1-4,8H,5-7,18H2,(H,19,22);1H. The first kappa shape index (κ1) is 18.8. The van der Waals surface area contributed by atoms with Crippen LogP contribution in [0, 0.1) is 0 Å². The van der Waals surface area contributed by atoms with E-state index in [9.17, 15) is 18.4 Å². The van der Waals surface area contributed by atoms with Gasteiger partial charge in [-0.3, -0.25) is 14.2 Å². The van der Waals surface area contributed by atoms with Gasteiger partial charge in [-0.05, 0) is 12.1 Å². The van der Waals surface area contributed by atoms with Crippen LogP contribution in [0.15, 0.2) is 39.8 Å². The van der Waals surface area contributed by atoms with Crippen molar-refractivity contribution in [2.75, 3.05) is 13.1 Å². The summed E-state index contributed by atoms with van der Waals surface area (Å²) in [6, 6.07) is 7.01. The number of alkyl halides is 2. The molecular formula is C15H15ClF2N4O3. The van der Waals surface area contributed by atoms with Crippen LogP contribution in [0.3, 0.4) is 0 Å². The van der Waals surface area contributed by atoms with Crippen LogP contribution in [0.5, 0.6) is 0 Å². The van der Waals surface area contributed by atoms with Crippen molar-refractivity contribution in [2.45, 2.75) is 12.5 Å². The molecule has 0 aliphatic carbocycles. The molecule has 3 rings (SSSR count). The number of carbonyl (C=O) groups excluding carboxylic acids is 1. The normalized spacial score (nSPS) is 11.5. The Hall–Kier alpha value is -2.52. The number of para-hydroxylation sites is 1. The minimum Gasteiger partial charge on any atom is -0.448 e. The summed E-state index contributed by atoms with van der Waals surface area (Å²) in [5.41, 5.74) is 5.24. The predicted octanol–water partition coefficient (Wildman–Crippen LogP) is 1.27. The highest BCUT2D eigenvalue weighted by atomic mass is 35.5. The van der Waals surface area contributed by atoms with Gasteiger partial charge < -0.3 is 15.5 Å². The summed E-state index contributed by atoms with van der Waals surface area (Å²) in [7, 11) is 0. The fourth-order valence-corrected chi connectivity index (χ4v) is 2.24. The molecule has 0 aliphatic rings. The topological polar surface area (TPSA) is 103 Å². The molecule has 134 valence electrons. The molecule has 0 atom stereocenters. The molecular weight excluding hydrogens is 358 g/mol. The number of nitrogens with two attached hydrogens (primary N) is 1. The largest absolute Gasteiger partial charge is 0.448 e. The van der Waals surface area contributed by atoms with Crippen LogP contribution in [0.1, 0.15) is 0 Å². The monoisotopic (exact) mass is 372 g/mol. The van der Waals surface area contributed by atoms with Gasteiger partial charge in [0.05, 0.1) is 19.4 Å². The van der Waals surface area contributed by atoms with Crippen LogP contribution in [0.4, 0.5) is 8.78 Å². The number of rotatable bonds is 5. The molecule has 0 saturated carbocycles. The molecule has 2 aromatic heterocycles. The molecule has 7 nitrogen and oxygen atoms in total. The fraction of sp³-hybridized carbons (Fsp3) is 0.267. The Morgan fingerprint density at radius 1 is 1.36 bits per heavy atom. The van der Waals surface area contributed by atoms with E-state index in [4.69, 9.17) is 10.2 Å². The first-order chi connectivity index (χ1) is 11.4. The molecule has 2 heterocycles. The summed E-state index contributed by atoms with van der Waals surface area (Å²) in [4.78, 5) is 28.2. The fourth-order valence-electron chi connectivity index (χ4n) is 2.24. The average molecular weight is 373 g/mol. The van der Waals surface area contributed by atoms with Gasteiger partial charge in [0.25, 0.3) is 11.5 Å². The highest BCUT2D eigenvalue weighted by molar-refractivity contribution is 6.01. The third kappa shape index (κ3) is 3.77. The smallest absolute Gasteiger partial charge is 0.297 e. The third-order valence-corrected chi connectivity index (χ3v) is 3.51. The van der Waals surface area contributed by atoms with E-state index < -0.39 is 37.0 Å². The van der Waals surface area contributed by atoms with Gasteiger partial charge >= 0.3 is 0 Å². The van der Waals surface area contributed by atoms with Crippen LogP contribution in [-0.4, -0.2) is 34.5 Å². The highest BCUT2D eigenvalue weighted by Crippen LogP contribution is 2.23. The number of nitrogens with zero attached hydrogens (tertiary/aromatic N) is 2. The Balaban J connectivity index is 0.00000225. The van der Waals surface area contributed by atoms with Crippen LogP contribution < -0.4 is 16.6 Å². The van der Waals surface area contributed by atoms with Crippen LogP contribution in [0.2, 0.25) is 0 Å². The van der Waals surface area contributed by atoms with Crippen LogP contribution in [0.25, 0.3) is 22.1 Å². The molecule has 0 fully saturated rings. The van der Waals surface area contributed by atoms with Crippen LogP contribution in [-0.2, 0) is 11.3 Å². The molecule has 25 heavy (non-hydrogen) atoms. The van der Waals surface area contributed by atoms with Gasteiger partial charge in [-0.15, -0.1) is 12.4 Å². The van der Waals surface area contributed by atoms with Gasteiger partial charge in [0.1, 0.15) is 17.6 Å².